The van der Waals surface area contributed by atoms with Crippen LogP contribution in [0, 0.1) is 0 Å². The van der Waals surface area contributed by atoms with Crippen LogP contribution in [0.15, 0.2) is 12.2 Å². The highest BCUT2D eigenvalue weighted by Gasteiger charge is 2.26. The van der Waals surface area contributed by atoms with Gasteiger partial charge in [-0.25, -0.2) is 8.42 Å². The molecule has 0 spiro atoms. The molecule has 1 heterocycles. The molecule has 0 radical (unpaired) electrons. The second-order valence-electron chi connectivity index (χ2n) is 3.70. The van der Waals surface area contributed by atoms with Crippen LogP contribution in [0.3, 0.4) is 0 Å². The summed E-state index contributed by atoms with van der Waals surface area (Å²) in [6.07, 6.45) is 4.62. The lowest BCUT2D eigenvalue weighted by Crippen LogP contribution is -2.32. The maximum Gasteiger partial charge on any atom is 0.151 e. The van der Waals surface area contributed by atoms with Crippen molar-refractivity contribution in [2.45, 2.75) is 19.4 Å². The van der Waals surface area contributed by atoms with Gasteiger partial charge in [0.05, 0.1) is 24.7 Å². The van der Waals surface area contributed by atoms with Crippen molar-refractivity contribution in [3.05, 3.63) is 12.2 Å². The number of hydrogen-bond acceptors (Lipinski definition) is 4. The Morgan fingerprint density at radius 2 is 2.33 bits per heavy atom. The molecule has 1 aliphatic heterocycles. The van der Waals surface area contributed by atoms with E-state index in [1.807, 2.05) is 19.1 Å². The lowest BCUT2D eigenvalue weighted by atomic mass is 10.3. The van der Waals surface area contributed by atoms with E-state index in [2.05, 4.69) is 5.32 Å². The third-order valence-corrected chi connectivity index (χ3v) is 4.13. The predicted octanol–water partition coefficient (Wildman–Crippen LogP) is 0.356. The van der Waals surface area contributed by atoms with E-state index in [9.17, 15) is 8.42 Å². The van der Waals surface area contributed by atoms with Crippen LogP contribution < -0.4 is 5.32 Å². The van der Waals surface area contributed by atoms with Gasteiger partial charge in [-0.1, -0.05) is 12.2 Å². The number of hydrogen-bond donors (Lipinski definition) is 1. The minimum Gasteiger partial charge on any atom is -0.376 e. The summed E-state index contributed by atoms with van der Waals surface area (Å²) in [5, 5.41) is 3.19. The fourth-order valence-corrected chi connectivity index (χ4v) is 3.25. The predicted molar refractivity (Wildman–Crippen MR) is 60.7 cm³/mol. The van der Waals surface area contributed by atoms with E-state index in [-0.39, 0.29) is 11.8 Å². The Morgan fingerprint density at radius 1 is 1.53 bits per heavy atom. The van der Waals surface area contributed by atoms with Crippen LogP contribution in [-0.2, 0) is 14.6 Å². The lowest BCUT2D eigenvalue weighted by molar-refractivity contribution is 0.161. The number of sulfone groups is 1. The van der Waals surface area contributed by atoms with Gasteiger partial charge < -0.3 is 10.1 Å². The van der Waals surface area contributed by atoms with Crippen molar-refractivity contribution < 1.29 is 13.2 Å². The highest BCUT2D eigenvalue weighted by molar-refractivity contribution is 7.91. The highest BCUT2D eigenvalue weighted by Crippen LogP contribution is 2.10. The Labute approximate surface area is 91.6 Å². The van der Waals surface area contributed by atoms with Gasteiger partial charge in [0.25, 0.3) is 0 Å². The maximum absolute atomic E-state index is 11.1. The summed E-state index contributed by atoms with van der Waals surface area (Å²) >= 11 is 0. The SMILES string of the molecule is CC=CCOCCNC1CCS(=O)(=O)C1. The van der Waals surface area contributed by atoms with E-state index < -0.39 is 9.84 Å². The van der Waals surface area contributed by atoms with Crippen LogP contribution in [0.2, 0.25) is 0 Å². The first kappa shape index (κ1) is 12.7. The van der Waals surface area contributed by atoms with Crippen LogP contribution in [0.25, 0.3) is 0 Å². The molecular formula is C10H19NO3S. The molecule has 1 atom stereocenters. The van der Waals surface area contributed by atoms with E-state index in [4.69, 9.17) is 4.74 Å². The fraction of sp³-hybridized carbons (Fsp3) is 0.800. The molecule has 0 saturated carbocycles. The van der Waals surface area contributed by atoms with E-state index in [0.29, 0.717) is 19.0 Å². The van der Waals surface area contributed by atoms with E-state index in [1.165, 1.54) is 0 Å². The Morgan fingerprint density at radius 3 is 2.93 bits per heavy atom. The fourth-order valence-electron chi connectivity index (χ4n) is 1.54. The molecule has 5 heteroatoms. The molecule has 88 valence electrons. The molecule has 1 fully saturated rings. The van der Waals surface area contributed by atoms with Crippen molar-refractivity contribution in [3.8, 4) is 0 Å². The highest BCUT2D eigenvalue weighted by atomic mass is 32.2. The topological polar surface area (TPSA) is 55.4 Å². The smallest absolute Gasteiger partial charge is 0.151 e. The van der Waals surface area contributed by atoms with Gasteiger partial charge in [-0.05, 0) is 13.3 Å². The number of rotatable bonds is 6. The van der Waals surface area contributed by atoms with Crippen molar-refractivity contribution in [3.63, 3.8) is 0 Å². The molecule has 0 aromatic carbocycles. The number of ether oxygens (including phenoxy) is 1. The van der Waals surface area contributed by atoms with Gasteiger partial charge in [0.2, 0.25) is 0 Å². The molecule has 0 aliphatic carbocycles. The van der Waals surface area contributed by atoms with Gasteiger partial charge in [0.15, 0.2) is 9.84 Å². The normalized spacial score (nSPS) is 25.0. The first-order valence-corrected chi connectivity index (χ1v) is 7.09. The summed E-state index contributed by atoms with van der Waals surface area (Å²) in [5.41, 5.74) is 0. The first-order chi connectivity index (χ1) is 7.14. The van der Waals surface area contributed by atoms with Crippen LogP contribution in [0.1, 0.15) is 13.3 Å². The first-order valence-electron chi connectivity index (χ1n) is 5.27. The molecule has 1 saturated heterocycles. The molecular weight excluding hydrogens is 214 g/mol. The molecule has 0 aromatic heterocycles. The standard InChI is InChI=1S/C10H19NO3S/c1-2-3-6-14-7-5-11-10-4-8-15(12,13)9-10/h2-3,10-11H,4-9H2,1H3. The van der Waals surface area contributed by atoms with Crippen molar-refractivity contribution in [2.75, 3.05) is 31.3 Å². The average Bonchev–Trinajstić information content (AvgIpc) is 2.52. The maximum atomic E-state index is 11.1. The lowest BCUT2D eigenvalue weighted by Gasteiger charge is -2.09. The average molecular weight is 233 g/mol. The van der Waals surface area contributed by atoms with Crippen LogP contribution in [0.4, 0.5) is 0 Å². The van der Waals surface area contributed by atoms with Crippen molar-refractivity contribution in [2.24, 2.45) is 0 Å². The van der Waals surface area contributed by atoms with Crippen LogP contribution in [-0.4, -0.2) is 45.7 Å². The Bertz CT molecular complexity index is 298. The quantitative estimate of drug-likeness (QED) is 0.531. The minimum atomic E-state index is -2.76. The monoisotopic (exact) mass is 233 g/mol. The van der Waals surface area contributed by atoms with Crippen molar-refractivity contribution in [1.29, 1.82) is 0 Å². The third kappa shape index (κ3) is 5.30. The zero-order valence-corrected chi connectivity index (χ0v) is 9.92. The number of allylic oxidation sites excluding steroid dienone is 1. The van der Waals surface area contributed by atoms with E-state index in [0.717, 1.165) is 13.0 Å². The van der Waals surface area contributed by atoms with Gasteiger partial charge in [0.1, 0.15) is 0 Å². The van der Waals surface area contributed by atoms with Gasteiger partial charge in [-0.15, -0.1) is 0 Å². The zero-order valence-electron chi connectivity index (χ0n) is 9.11. The molecule has 15 heavy (non-hydrogen) atoms. The summed E-state index contributed by atoms with van der Waals surface area (Å²) in [6.45, 7) is 3.92. The van der Waals surface area contributed by atoms with Crippen LogP contribution in [0.5, 0.6) is 0 Å². The Hall–Kier alpha value is -0.390. The van der Waals surface area contributed by atoms with E-state index >= 15 is 0 Å². The molecule has 0 amide bonds. The van der Waals surface area contributed by atoms with Crippen molar-refractivity contribution in [1.82, 2.24) is 5.32 Å². The zero-order chi connectivity index (χ0) is 11.1. The van der Waals surface area contributed by atoms with Crippen molar-refractivity contribution >= 4 is 9.84 Å². The van der Waals surface area contributed by atoms with E-state index in [1.54, 1.807) is 0 Å². The van der Waals surface area contributed by atoms with Gasteiger partial charge in [0, 0.05) is 12.6 Å². The molecule has 0 aromatic rings. The number of nitrogens with one attached hydrogen (secondary N) is 1. The molecule has 1 N–H and O–H groups in total. The molecule has 4 nitrogen and oxygen atoms in total. The third-order valence-electron chi connectivity index (χ3n) is 2.36. The second-order valence-corrected chi connectivity index (χ2v) is 5.93. The Balaban J connectivity index is 2.02. The molecule has 1 aliphatic rings. The molecule has 1 rings (SSSR count). The summed E-state index contributed by atoms with van der Waals surface area (Å²) in [7, 11) is -2.76. The summed E-state index contributed by atoms with van der Waals surface area (Å²) in [5.74, 6) is 0.603. The van der Waals surface area contributed by atoms with Crippen LogP contribution >= 0.6 is 0 Å². The summed E-state index contributed by atoms with van der Waals surface area (Å²) in [6, 6.07) is 0.125. The second kappa shape index (κ2) is 6.25. The minimum absolute atomic E-state index is 0.125. The van der Waals surface area contributed by atoms with Gasteiger partial charge in [-0.2, -0.15) is 0 Å². The summed E-state index contributed by atoms with van der Waals surface area (Å²) in [4.78, 5) is 0. The molecule has 1 unspecified atom stereocenters. The molecule has 0 bridgehead atoms. The largest absolute Gasteiger partial charge is 0.376 e. The van der Waals surface area contributed by atoms with Gasteiger partial charge in [-0.3, -0.25) is 0 Å². The summed E-state index contributed by atoms with van der Waals surface area (Å²) < 4.78 is 27.6. The van der Waals surface area contributed by atoms with Gasteiger partial charge >= 0.3 is 0 Å². The Kier molecular flexibility index (Phi) is 5.28.